The standard InChI is InChI=1S/C10H10N2O2/c1-8-5-12-10(14-8)7-13-9-3-2-4-11-6-9/h2-6H,7H2,1H3. The van der Waals surface area contributed by atoms with E-state index in [1.54, 1.807) is 18.6 Å². The van der Waals surface area contributed by atoms with Crippen molar-refractivity contribution in [3.8, 4) is 5.75 Å². The maximum Gasteiger partial charge on any atom is 0.232 e. The summed E-state index contributed by atoms with van der Waals surface area (Å²) in [5.41, 5.74) is 0. The van der Waals surface area contributed by atoms with Crippen molar-refractivity contribution >= 4 is 0 Å². The minimum atomic E-state index is 0.333. The molecule has 2 rings (SSSR count). The third-order valence-electron chi connectivity index (χ3n) is 1.67. The second kappa shape index (κ2) is 3.91. The summed E-state index contributed by atoms with van der Waals surface area (Å²) in [6, 6.07) is 3.65. The van der Waals surface area contributed by atoms with Gasteiger partial charge < -0.3 is 9.15 Å². The number of aryl methyl sites for hydroxylation is 1. The van der Waals surface area contributed by atoms with Gasteiger partial charge in [0.15, 0.2) is 6.61 Å². The SMILES string of the molecule is Cc1cnc(COc2cccnc2)o1. The molecule has 0 aliphatic rings. The second-order valence-corrected chi connectivity index (χ2v) is 2.84. The van der Waals surface area contributed by atoms with Crippen molar-refractivity contribution in [2.75, 3.05) is 0 Å². The largest absolute Gasteiger partial charge is 0.482 e. The molecule has 72 valence electrons. The van der Waals surface area contributed by atoms with Gasteiger partial charge >= 0.3 is 0 Å². The Morgan fingerprint density at radius 1 is 1.43 bits per heavy atom. The number of pyridine rings is 1. The fraction of sp³-hybridized carbons (Fsp3) is 0.200. The molecule has 0 fully saturated rings. The lowest BCUT2D eigenvalue weighted by Gasteiger charge is -2.01. The molecule has 0 aliphatic carbocycles. The smallest absolute Gasteiger partial charge is 0.232 e. The molecule has 2 aromatic rings. The van der Waals surface area contributed by atoms with Gasteiger partial charge in [0.2, 0.25) is 5.89 Å². The number of aromatic nitrogens is 2. The van der Waals surface area contributed by atoms with Crippen LogP contribution in [-0.4, -0.2) is 9.97 Å². The number of nitrogens with zero attached hydrogens (tertiary/aromatic N) is 2. The number of oxazole rings is 1. The minimum absolute atomic E-state index is 0.333. The summed E-state index contributed by atoms with van der Waals surface area (Å²) < 4.78 is 10.6. The zero-order valence-electron chi connectivity index (χ0n) is 7.80. The average molecular weight is 190 g/mol. The summed E-state index contributed by atoms with van der Waals surface area (Å²) in [6.45, 7) is 2.18. The van der Waals surface area contributed by atoms with Gasteiger partial charge in [-0.25, -0.2) is 4.98 Å². The van der Waals surface area contributed by atoms with Crippen molar-refractivity contribution in [3.63, 3.8) is 0 Å². The second-order valence-electron chi connectivity index (χ2n) is 2.84. The maximum absolute atomic E-state index is 5.39. The van der Waals surface area contributed by atoms with E-state index < -0.39 is 0 Å². The lowest BCUT2D eigenvalue weighted by atomic mass is 10.5. The molecule has 0 spiro atoms. The van der Waals surface area contributed by atoms with E-state index in [1.165, 1.54) is 0 Å². The van der Waals surface area contributed by atoms with Crippen molar-refractivity contribution in [1.29, 1.82) is 0 Å². The first-order valence-corrected chi connectivity index (χ1v) is 4.29. The van der Waals surface area contributed by atoms with Crippen LogP contribution in [0.1, 0.15) is 11.7 Å². The van der Waals surface area contributed by atoms with Crippen LogP contribution in [0.3, 0.4) is 0 Å². The van der Waals surface area contributed by atoms with E-state index in [0.29, 0.717) is 18.2 Å². The normalized spacial score (nSPS) is 10.1. The molecular formula is C10H10N2O2. The molecule has 0 bridgehead atoms. The summed E-state index contributed by atoms with van der Waals surface area (Å²) in [4.78, 5) is 7.94. The van der Waals surface area contributed by atoms with Gasteiger partial charge in [-0.3, -0.25) is 4.98 Å². The van der Waals surface area contributed by atoms with Gasteiger partial charge in [0.05, 0.1) is 12.4 Å². The number of hydrogen-bond donors (Lipinski definition) is 0. The van der Waals surface area contributed by atoms with Gasteiger partial charge in [0.1, 0.15) is 11.5 Å². The first-order chi connectivity index (χ1) is 6.84. The van der Waals surface area contributed by atoms with E-state index in [2.05, 4.69) is 9.97 Å². The highest BCUT2D eigenvalue weighted by atomic mass is 16.5. The Morgan fingerprint density at radius 3 is 3.00 bits per heavy atom. The quantitative estimate of drug-likeness (QED) is 0.742. The molecule has 0 aliphatic heterocycles. The number of hydrogen-bond acceptors (Lipinski definition) is 4. The van der Waals surface area contributed by atoms with Gasteiger partial charge in [-0.2, -0.15) is 0 Å². The molecule has 0 N–H and O–H groups in total. The number of ether oxygens (including phenoxy) is 1. The predicted octanol–water partition coefficient (Wildman–Crippen LogP) is 1.96. The Kier molecular flexibility index (Phi) is 2.44. The van der Waals surface area contributed by atoms with Crippen LogP contribution in [0, 0.1) is 6.92 Å². The fourth-order valence-electron chi connectivity index (χ4n) is 1.05. The summed E-state index contributed by atoms with van der Waals surface area (Å²) >= 11 is 0. The molecule has 2 heterocycles. The van der Waals surface area contributed by atoms with Gasteiger partial charge in [0.25, 0.3) is 0 Å². The molecule has 0 amide bonds. The van der Waals surface area contributed by atoms with Gasteiger partial charge in [0, 0.05) is 6.20 Å². The molecule has 4 nitrogen and oxygen atoms in total. The Labute approximate surface area is 81.6 Å². The van der Waals surface area contributed by atoms with Crippen LogP contribution >= 0.6 is 0 Å². The summed E-state index contributed by atoms with van der Waals surface area (Å²) in [7, 11) is 0. The van der Waals surface area contributed by atoms with Gasteiger partial charge in [-0.15, -0.1) is 0 Å². The van der Waals surface area contributed by atoms with Crippen LogP contribution in [0.5, 0.6) is 5.75 Å². The first kappa shape index (κ1) is 8.74. The topological polar surface area (TPSA) is 48.2 Å². The zero-order chi connectivity index (χ0) is 9.80. The van der Waals surface area contributed by atoms with Crippen LogP contribution in [0.25, 0.3) is 0 Å². The zero-order valence-corrected chi connectivity index (χ0v) is 7.80. The highest BCUT2D eigenvalue weighted by Crippen LogP contribution is 2.09. The first-order valence-electron chi connectivity index (χ1n) is 4.29. The average Bonchev–Trinajstić information content (AvgIpc) is 2.63. The molecule has 2 aromatic heterocycles. The molecule has 0 saturated heterocycles. The molecule has 14 heavy (non-hydrogen) atoms. The number of rotatable bonds is 3. The summed E-state index contributed by atoms with van der Waals surface area (Å²) in [5, 5.41) is 0. The van der Waals surface area contributed by atoms with E-state index in [-0.39, 0.29) is 0 Å². The van der Waals surface area contributed by atoms with Crippen molar-refractivity contribution in [1.82, 2.24) is 9.97 Å². The van der Waals surface area contributed by atoms with Crippen LogP contribution in [0.4, 0.5) is 0 Å². The van der Waals surface area contributed by atoms with E-state index >= 15 is 0 Å². The molecule has 0 atom stereocenters. The Hall–Kier alpha value is -1.84. The molecule has 4 heteroatoms. The van der Waals surface area contributed by atoms with Crippen LogP contribution < -0.4 is 4.74 Å². The monoisotopic (exact) mass is 190 g/mol. The fourth-order valence-corrected chi connectivity index (χ4v) is 1.05. The third-order valence-corrected chi connectivity index (χ3v) is 1.67. The Bertz CT molecular complexity index is 398. The van der Waals surface area contributed by atoms with Gasteiger partial charge in [-0.05, 0) is 19.1 Å². The molecular weight excluding hydrogens is 180 g/mol. The molecule has 0 aromatic carbocycles. The summed E-state index contributed by atoms with van der Waals surface area (Å²) in [5.74, 6) is 2.07. The Morgan fingerprint density at radius 2 is 2.36 bits per heavy atom. The molecule has 0 saturated carbocycles. The predicted molar refractivity (Wildman–Crippen MR) is 49.8 cm³/mol. The minimum Gasteiger partial charge on any atom is -0.482 e. The maximum atomic E-state index is 5.39. The lowest BCUT2D eigenvalue weighted by Crippen LogP contribution is -1.95. The lowest BCUT2D eigenvalue weighted by molar-refractivity contribution is 0.259. The summed E-state index contributed by atoms with van der Waals surface area (Å²) in [6.07, 6.45) is 5.01. The van der Waals surface area contributed by atoms with E-state index in [0.717, 1.165) is 5.76 Å². The molecule has 0 radical (unpaired) electrons. The van der Waals surface area contributed by atoms with E-state index in [4.69, 9.17) is 9.15 Å². The third kappa shape index (κ3) is 2.10. The van der Waals surface area contributed by atoms with Crippen molar-refractivity contribution in [2.24, 2.45) is 0 Å². The van der Waals surface area contributed by atoms with E-state index in [1.807, 2.05) is 19.1 Å². The van der Waals surface area contributed by atoms with E-state index in [9.17, 15) is 0 Å². The van der Waals surface area contributed by atoms with Crippen molar-refractivity contribution in [2.45, 2.75) is 13.5 Å². The van der Waals surface area contributed by atoms with Gasteiger partial charge in [-0.1, -0.05) is 0 Å². The van der Waals surface area contributed by atoms with Crippen LogP contribution in [0.15, 0.2) is 35.1 Å². The van der Waals surface area contributed by atoms with Crippen LogP contribution in [0.2, 0.25) is 0 Å². The Balaban J connectivity index is 1.95. The van der Waals surface area contributed by atoms with Crippen LogP contribution in [-0.2, 0) is 6.61 Å². The van der Waals surface area contributed by atoms with Crippen molar-refractivity contribution < 1.29 is 9.15 Å². The highest BCUT2D eigenvalue weighted by Gasteiger charge is 2.00. The highest BCUT2D eigenvalue weighted by molar-refractivity contribution is 5.15. The molecule has 0 unspecified atom stereocenters. The van der Waals surface area contributed by atoms with Crippen molar-refractivity contribution in [3.05, 3.63) is 42.4 Å².